The first-order valence-electron chi connectivity index (χ1n) is 10.8. The highest BCUT2D eigenvalue weighted by Gasteiger charge is 2.22. The summed E-state index contributed by atoms with van der Waals surface area (Å²) in [5.74, 6) is 3.13. The molecule has 170 valence electrons. The number of aromatic nitrogens is 1. The van der Waals surface area contributed by atoms with Gasteiger partial charge in [-0.05, 0) is 42.0 Å². The summed E-state index contributed by atoms with van der Waals surface area (Å²) in [5.41, 5.74) is 4.27. The lowest BCUT2D eigenvalue weighted by Gasteiger charge is -2.20. The smallest absolute Gasteiger partial charge is 0.165 e. The van der Waals surface area contributed by atoms with Crippen molar-refractivity contribution in [2.24, 2.45) is 0 Å². The minimum absolute atomic E-state index is 0.588. The lowest BCUT2D eigenvalue weighted by atomic mass is 10.1. The zero-order valence-corrected chi connectivity index (χ0v) is 19.8. The van der Waals surface area contributed by atoms with E-state index in [0.29, 0.717) is 6.61 Å². The van der Waals surface area contributed by atoms with Gasteiger partial charge >= 0.3 is 0 Å². The fourth-order valence-corrected chi connectivity index (χ4v) is 5.11. The summed E-state index contributed by atoms with van der Waals surface area (Å²) in [5, 5.41) is 0.977. The molecule has 0 saturated heterocycles. The van der Waals surface area contributed by atoms with Crippen LogP contribution >= 0.6 is 11.3 Å². The third kappa shape index (κ3) is 4.47. The molecule has 0 amide bonds. The van der Waals surface area contributed by atoms with Gasteiger partial charge in [0.15, 0.2) is 11.5 Å². The van der Waals surface area contributed by atoms with Crippen LogP contribution in [-0.4, -0.2) is 44.4 Å². The van der Waals surface area contributed by atoms with Crippen molar-refractivity contribution in [2.75, 3.05) is 34.5 Å². The van der Waals surface area contributed by atoms with E-state index in [-0.39, 0.29) is 0 Å². The predicted octanol–water partition coefficient (Wildman–Crippen LogP) is 5.38. The molecule has 6 nitrogen and oxygen atoms in total. The van der Waals surface area contributed by atoms with Crippen molar-refractivity contribution in [3.8, 4) is 33.6 Å². The van der Waals surface area contributed by atoms with E-state index in [0.717, 1.165) is 69.8 Å². The second-order valence-corrected chi connectivity index (χ2v) is 8.96. The Kier molecular flexibility index (Phi) is 6.07. The maximum absolute atomic E-state index is 6.14. The molecule has 2 heterocycles. The van der Waals surface area contributed by atoms with E-state index in [1.165, 1.54) is 4.70 Å². The Bertz CT molecular complexity index is 1230. The van der Waals surface area contributed by atoms with Crippen LogP contribution in [0.25, 0.3) is 20.8 Å². The second kappa shape index (κ2) is 9.29. The summed E-state index contributed by atoms with van der Waals surface area (Å²) >= 11 is 1.69. The molecule has 0 radical (unpaired) electrons. The van der Waals surface area contributed by atoms with Gasteiger partial charge in [-0.2, -0.15) is 0 Å². The van der Waals surface area contributed by atoms with Gasteiger partial charge in [-0.25, -0.2) is 4.98 Å². The number of benzene rings is 3. The molecule has 1 aliphatic rings. The quantitative estimate of drug-likeness (QED) is 0.383. The SMILES string of the molecule is COc1cc(CN2CCOc3c(cc(-c4nc5ccccc5s4)cc3OC)C2)cc(OC)c1. The van der Waals surface area contributed by atoms with Gasteiger partial charge in [0.2, 0.25) is 0 Å². The molecule has 33 heavy (non-hydrogen) atoms. The number of hydrogen-bond acceptors (Lipinski definition) is 7. The molecule has 5 rings (SSSR count). The lowest BCUT2D eigenvalue weighted by Crippen LogP contribution is -2.25. The largest absolute Gasteiger partial charge is 0.497 e. The molecule has 0 unspecified atom stereocenters. The van der Waals surface area contributed by atoms with Crippen molar-refractivity contribution < 1.29 is 18.9 Å². The molecule has 4 aromatic rings. The highest BCUT2D eigenvalue weighted by Crippen LogP contribution is 2.40. The molecule has 7 heteroatoms. The van der Waals surface area contributed by atoms with E-state index >= 15 is 0 Å². The Hall–Kier alpha value is -3.29. The topological polar surface area (TPSA) is 53.1 Å². The number of thiazole rings is 1. The summed E-state index contributed by atoms with van der Waals surface area (Å²) in [7, 11) is 5.03. The average Bonchev–Trinajstić information content (AvgIpc) is 3.18. The van der Waals surface area contributed by atoms with Gasteiger partial charge < -0.3 is 18.9 Å². The van der Waals surface area contributed by atoms with Gasteiger partial charge in [-0.1, -0.05) is 12.1 Å². The van der Waals surface area contributed by atoms with Crippen LogP contribution in [0.5, 0.6) is 23.0 Å². The maximum Gasteiger partial charge on any atom is 0.165 e. The van der Waals surface area contributed by atoms with Crippen LogP contribution in [0, 0.1) is 0 Å². The molecular weight excluding hydrogens is 436 g/mol. The monoisotopic (exact) mass is 462 g/mol. The predicted molar refractivity (Wildman–Crippen MR) is 131 cm³/mol. The Labute approximate surface area is 197 Å². The number of ether oxygens (including phenoxy) is 4. The van der Waals surface area contributed by atoms with E-state index in [4.69, 9.17) is 23.9 Å². The van der Waals surface area contributed by atoms with E-state index in [2.05, 4.69) is 17.0 Å². The molecule has 0 saturated carbocycles. The van der Waals surface area contributed by atoms with Crippen LogP contribution in [0.1, 0.15) is 11.1 Å². The zero-order valence-electron chi connectivity index (χ0n) is 19.0. The average molecular weight is 463 g/mol. The minimum atomic E-state index is 0.588. The van der Waals surface area contributed by atoms with E-state index in [1.807, 2.05) is 42.5 Å². The van der Waals surface area contributed by atoms with Crippen molar-refractivity contribution in [3.63, 3.8) is 0 Å². The second-order valence-electron chi connectivity index (χ2n) is 7.93. The number of nitrogens with zero attached hydrogens (tertiary/aromatic N) is 2. The van der Waals surface area contributed by atoms with Crippen LogP contribution in [0.4, 0.5) is 0 Å². The first-order valence-corrected chi connectivity index (χ1v) is 11.6. The molecule has 1 aromatic heterocycles. The molecular formula is C26H26N2O4S. The number of methoxy groups -OCH3 is 3. The first kappa shape index (κ1) is 21.6. The molecule has 0 atom stereocenters. The van der Waals surface area contributed by atoms with Gasteiger partial charge in [0.05, 0.1) is 31.5 Å². The first-order chi connectivity index (χ1) is 16.2. The van der Waals surface area contributed by atoms with E-state index < -0.39 is 0 Å². The molecule has 0 bridgehead atoms. The van der Waals surface area contributed by atoms with Crippen LogP contribution < -0.4 is 18.9 Å². The van der Waals surface area contributed by atoms with E-state index in [1.54, 1.807) is 32.7 Å². The standard InChI is InChI=1S/C26H26N2O4S/c1-29-20-10-17(11-21(14-20)30-2)15-28-8-9-32-25-19(16-28)12-18(13-23(25)31-3)26-27-22-6-4-5-7-24(22)33-26/h4-7,10-14H,8-9,15-16H2,1-3H3. The van der Waals surface area contributed by atoms with Crippen molar-refractivity contribution in [3.05, 3.63) is 65.7 Å². The number of hydrogen-bond donors (Lipinski definition) is 0. The summed E-state index contributed by atoms with van der Waals surface area (Å²) in [6, 6.07) is 18.4. The van der Waals surface area contributed by atoms with Crippen molar-refractivity contribution in [1.82, 2.24) is 9.88 Å². The van der Waals surface area contributed by atoms with Gasteiger partial charge in [0.1, 0.15) is 23.1 Å². The Morgan fingerprint density at radius 1 is 0.970 bits per heavy atom. The Morgan fingerprint density at radius 2 is 1.76 bits per heavy atom. The van der Waals surface area contributed by atoms with Crippen LogP contribution in [0.2, 0.25) is 0 Å². The maximum atomic E-state index is 6.14. The van der Waals surface area contributed by atoms with Gasteiger partial charge in [0.25, 0.3) is 0 Å². The molecule has 0 aliphatic carbocycles. The van der Waals surface area contributed by atoms with E-state index in [9.17, 15) is 0 Å². The number of para-hydroxylation sites is 1. The third-order valence-electron chi connectivity index (χ3n) is 5.76. The van der Waals surface area contributed by atoms with Gasteiger partial charge in [0, 0.05) is 36.8 Å². The normalized spacial score (nSPS) is 13.8. The molecule has 0 N–H and O–H groups in total. The highest BCUT2D eigenvalue weighted by molar-refractivity contribution is 7.21. The minimum Gasteiger partial charge on any atom is -0.497 e. The van der Waals surface area contributed by atoms with Gasteiger partial charge in [-0.3, -0.25) is 4.90 Å². The lowest BCUT2D eigenvalue weighted by molar-refractivity contribution is 0.216. The summed E-state index contributed by atoms with van der Waals surface area (Å²) in [6.45, 7) is 2.88. The number of fused-ring (bicyclic) bond motifs is 2. The summed E-state index contributed by atoms with van der Waals surface area (Å²) < 4.78 is 23.9. The summed E-state index contributed by atoms with van der Waals surface area (Å²) in [6.07, 6.45) is 0. The zero-order chi connectivity index (χ0) is 22.8. The van der Waals surface area contributed by atoms with Crippen LogP contribution in [0.15, 0.2) is 54.6 Å². The van der Waals surface area contributed by atoms with Crippen LogP contribution in [0.3, 0.4) is 0 Å². The fraction of sp³-hybridized carbons (Fsp3) is 0.269. The van der Waals surface area contributed by atoms with Crippen molar-refractivity contribution in [1.29, 1.82) is 0 Å². The highest BCUT2D eigenvalue weighted by atomic mass is 32.1. The van der Waals surface area contributed by atoms with Crippen LogP contribution in [-0.2, 0) is 13.1 Å². The molecule has 1 aliphatic heterocycles. The van der Waals surface area contributed by atoms with Crippen molar-refractivity contribution in [2.45, 2.75) is 13.1 Å². The number of rotatable bonds is 6. The molecule has 0 fully saturated rings. The summed E-state index contributed by atoms with van der Waals surface area (Å²) in [4.78, 5) is 7.20. The fourth-order valence-electron chi connectivity index (χ4n) is 4.16. The molecule has 0 spiro atoms. The molecule has 3 aromatic carbocycles. The third-order valence-corrected chi connectivity index (χ3v) is 6.84. The van der Waals surface area contributed by atoms with Crippen molar-refractivity contribution >= 4 is 21.6 Å². The van der Waals surface area contributed by atoms with Gasteiger partial charge in [-0.15, -0.1) is 11.3 Å². The Balaban J connectivity index is 1.48. The Morgan fingerprint density at radius 3 is 2.48 bits per heavy atom.